The van der Waals surface area contributed by atoms with Crippen LogP contribution in [0.5, 0.6) is 0 Å². The van der Waals surface area contributed by atoms with Gasteiger partial charge in [-0.15, -0.1) is 68.0 Å². The second-order valence-corrected chi connectivity index (χ2v) is 23.9. The number of aryl methyl sites for hydroxylation is 1. The summed E-state index contributed by atoms with van der Waals surface area (Å²) in [4.78, 5) is 129. The van der Waals surface area contributed by atoms with Crippen LogP contribution in [0, 0.1) is 23.0 Å². The number of imidazole rings is 1. The maximum Gasteiger partial charge on any atom is 0.381 e. The van der Waals surface area contributed by atoms with Gasteiger partial charge in [0.25, 0.3) is 29.5 Å². The van der Waals surface area contributed by atoms with Crippen LogP contribution in [0.15, 0.2) is 68.5 Å². The van der Waals surface area contributed by atoms with Crippen molar-refractivity contribution in [3.8, 4) is 43.4 Å². The highest BCUT2D eigenvalue weighted by Crippen LogP contribution is 2.38. The first-order valence-electron chi connectivity index (χ1n) is 25.2. The molecule has 8 N–H and O–H groups in total. The van der Waals surface area contributed by atoms with Crippen molar-refractivity contribution in [2.24, 2.45) is 5.92 Å². The number of amides is 6. The van der Waals surface area contributed by atoms with Crippen LogP contribution in [-0.2, 0) is 16.1 Å². The largest absolute Gasteiger partial charge is 0.391 e. The van der Waals surface area contributed by atoms with E-state index in [1.807, 2.05) is 13.8 Å². The van der Waals surface area contributed by atoms with Gasteiger partial charge in [0.2, 0.25) is 11.7 Å². The molecule has 0 fully saturated rings. The summed E-state index contributed by atoms with van der Waals surface area (Å²) in [6.07, 6.45) is 1.75. The average molecular weight is 1240 g/mol. The van der Waals surface area contributed by atoms with Crippen LogP contribution in [0.1, 0.15) is 116 Å². The summed E-state index contributed by atoms with van der Waals surface area (Å²) in [5.74, 6) is -4.01. The first-order valence-corrected chi connectivity index (χ1v) is 30.4. The number of carbonyl (C=O) groups excluding carboxylic acids is 6. The van der Waals surface area contributed by atoms with Crippen molar-refractivity contribution >= 4 is 115 Å². The van der Waals surface area contributed by atoms with Gasteiger partial charge in [0.1, 0.15) is 93.9 Å². The van der Waals surface area contributed by atoms with Gasteiger partial charge in [0.05, 0.1) is 29.6 Å². The lowest BCUT2D eigenvalue weighted by molar-refractivity contribution is -0.389. The number of nitrogens with zero attached hydrogens (tertiary/aromatic N) is 10. The van der Waals surface area contributed by atoms with Crippen LogP contribution in [0.4, 0.5) is 5.82 Å². The maximum absolute atomic E-state index is 13.9. The van der Waals surface area contributed by atoms with Crippen LogP contribution in [0.2, 0.25) is 0 Å². The topological polar surface area (TPSA) is 366 Å². The van der Waals surface area contributed by atoms with Crippen molar-refractivity contribution in [2.45, 2.75) is 85.3 Å². The molecule has 8 bridgehead atoms. The first kappa shape index (κ1) is 59.4. The van der Waals surface area contributed by atoms with Crippen molar-refractivity contribution in [2.75, 3.05) is 6.54 Å². The van der Waals surface area contributed by atoms with Crippen LogP contribution in [0.25, 0.3) is 49.1 Å². The van der Waals surface area contributed by atoms with E-state index in [1.165, 1.54) is 69.5 Å². The molecule has 83 heavy (non-hydrogen) atoms. The van der Waals surface area contributed by atoms with Crippen LogP contribution < -0.4 is 31.9 Å². The van der Waals surface area contributed by atoms with E-state index in [0.29, 0.717) is 53.5 Å². The summed E-state index contributed by atoms with van der Waals surface area (Å²) in [5, 5.41) is 61.2. The van der Waals surface area contributed by atoms with E-state index in [4.69, 9.17) is 15.0 Å². The molecule has 0 saturated heterocycles. The fourth-order valence-electron chi connectivity index (χ4n) is 8.06. The molecule has 0 saturated carbocycles. The minimum Gasteiger partial charge on any atom is -0.391 e. The lowest BCUT2D eigenvalue weighted by atomic mass is 10.1. The van der Waals surface area contributed by atoms with Gasteiger partial charge in [0.15, 0.2) is 0 Å². The Kier molecular flexibility index (Phi) is 18.2. The Morgan fingerprint density at radius 3 is 1.89 bits per heavy atom. The molecule has 0 unspecified atom stereocenters. The van der Waals surface area contributed by atoms with Gasteiger partial charge in [-0.05, 0) is 55.7 Å². The fourth-order valence-corrected chi connectivity index (χ4v) is 13.3. The second-order valence-electron chi connectivity index (χ2n) is 18.7. The Morgan fingerprint density at radius 2 is 1.24 bits per heavy atom. The van der Waals surface area contributed by atoms with Crippen LogP contribution in [0.3, 0.4) is 0 Å². The molecule has 430 valence electrons. The summed E-state index contributed by atoms with van der Waals surface area (Å²) in [5.41, 5.74) is 2.07. The van der Waals surface area contributed by atoms with Gasteiger partial charge in [-0.1, -0.05) is 26.0 Å². The number of rotatable bonds is 12. The third-order valence-electron chi connectivity index (χ3n) is 12.5. The average Bonchev–Trinajstić information content (AvgIpc) is 4.50. The Bertz CT molecular complexity index is 3860. The lowest BCUT2D eigenvalue weighted by Crippen LogP contribution is -2.52. The van der Waals surface area contributed by atoms with E-state index in [2.05, 4.69) is 56.8 Å². The Hall–Kier alpha value is -8.24. The number of aromatic nitrogens is 9. The van der Waals surface area contributed by atoms with Crippen molar-refractivity contribution in [1.29, 1.82) is 0 Å². The number of pyridine rings is 1. The molecule has 8 aromatic heterocycles. The smallest absolute Gasteiger partial charge is 0.381 e. The third-order valence-corrected chi connectivity index (χ3v) is 17.8. The zero-order valence-corrected chi connectivity index (χ0v) is 49.7. The number of thiazole rings is 6. The van der Waals surface area contributed by atoms with Gasteiger partial charge in [0, 0.05) is 57.9 Å². The number of aliphatic hydroxyl groups is 2. The molecule has 9 rings (SSSR count). The van der Waals surface area contributed by atoms with Gasteiger partial charge < -0.3 is 56.8 Å². The zero-order valence-electron chi connectivity index (χ0n) is 44.8. The predicted octanol–water partition coefficient (Wildman–Crippen LogP) is 6.30. The minimum absolute atomic E-state index is 0.0176. The molecule has 0 radical (unpaired) electrons. The number of carbonyl (C=O) groups is 6. The molecule has 32 heteroatoms. The zero-order chi connectivity index (χ0) is 59.4. The van der Waals surface area contributed by atoms with Crippen LogP contribution in [-0.4, -0.2) is 120 Å². The summed E-state index contributed by atoms with van der Waals surface area (Å²) in [7, 11) is 0. The Morgan fingerprint density at radius 1 is 0.687 bits per heavy atom. The fraction of sp³-hybridized carbons (Fsp3) is 0.294. The van der Waals surface area contributed by atoms with E-state index in [-0.39, 0.29) is 69.7 Å². The molecular weight excluding hydrogens is 1190 g/mol. The number of aliphatic hydroxyl groups excluding tert-OH is 2. The first-order chi connectivity index (χ1) is 39.7. The summed E-state index contributed by atoms with van der Waals surface area (Å²) in [6, 6.07) is 0.304. The highest BCUT2D eigenvalue weighted by atomic mass is 32.1. The molecule has 1 aliphatic rings. The Balaban J connectivity index is 1.00. The molecule has 26 nitrogen and oxygen atoms in total. The second kappa shape index (κ2) is 25.5. The number of fused-ring (bicyclic) bond motifs is 11. The summed E-state index contributed by atoms with van der Waals surface area (Å²) < 4.78 is 1.53. The molecule has 0 aromatic carbocycles. The number of hydrogen-bond donors (Lipinski definition) is 8. The molecule has 9 heterocycles. The quantitative estimate of drug-likeness (QED) is 0.0378. The normalized spacial score (nSPS) is 17.5. The predicted molar refractivity (Wildman–Crippen MR) is 312 cm³/mol. The number of hydrogen-bond acceptors (Lipinski definition) is 24. The van der Waals surface area contributed by atoms with Crippen molar-refractivity contribution < 1.29 is 43.9 Å². The summed E-state index contributed by atoms with van der Waals surface area (Å²) in [6.45, 7) is 11.7. The van der Waals surface area contributed by atoms with Crippen molar-refractivity contribution in [3.05, 3.63) is 122 Å². The van der Waals surface area contributed by atoms with E-state index >= 15 is 0 Å². The molecular formula is C51H50N16O10S6. The van der Waals surface area contributed by atoms with E-state index in [1.54, 1.807) is 55.1 Å². The highest BCUT2D eigenvalue weighted by Gasteiger charge is 2.32. The van der Waals surface area contributed by atoms with Gasteiger partial charge in [-0.3, -0.25) is 28.8 Å². The number of allylic oxidation sites excluding steroid dienone is 2. The van der Waals surface area contributed by atoms with E-state index in [0.717, 1.165) is 45.3 Å². The summed E-state index contributed by atoms with van der Waals surface area (Å²) >= 11 is 6.90. The third kappa shape index (κ3) is 13.3. The molecule has 0 aliphatic carbocycles. The molecule has 8 aromatic rings. The van der Waals surface area contributed by atoms with Crippen LogP contribution >= 0.6 is 68.0 Å². The standard InChI is InChI=1S/C51H50N16O10S6/c1-8-26(40(70)52-12-13-66-14-35(67(76)77)53-24(66)7)55-41(71)30-17-80-49(60-30)34-20-81-48(62-34)28-11-10-25-39(54-28)29-15-82-51(57-29)38(23(6)69)65-44(74)33-19-83-50(61-33)36(21(3)4)63-42(72)32-18-79-47(59-32)27(9-2)56-45(75)37(22(5)68)64-43(73)31-16-78-46(25)58-31/h8-11,14-23,36-38,68-69H,12-13H2,1-7H3,(H,52,70)(H,55,71)(H,56,75)(H,63,72)(H,64,73)(H,65,74)/b26-8-,27-9-/t22-,23-,36+,37+,38+/m1/s1. The molecule has 6 amide bonds. The molecule has 0 spiro atoms. The van der Waals surface area contributed by atoms with Gasteiger partial charge in [-0.2, -0.15) is 0 Å². The van der Waals surface area contributed by atoms with Gasteiger partial charge in [-0.25, -0.2) is 34.9 Å². The SMILES string of the molecule is C/C=C(\NC(=O)c1csc(-c2csc(-c3ccc4c(n3)-c3csc(n3)[C@H]([C@@H](C)O)NC(=O)c3csc(n3)[C@H](C(C)C)NC(=O)c3csc(n3)/C(=C/C)NC(=O)[C@H]([C@@H](C)O)NC(=O)c3csc-4n3)n2)n1)C(=O)NCCn1cc([N+](=O)[O-])nc1C. The number of nitro groups is 1. The van der Waals surface area contributed by atoms with Crippen molar-refractivity contribution in [1.82, 2.24) is 76.3 Å². The molecule has 1 aliphatic heterocycles. The van der Waals surface area contributed by atoms with Crippen molar-refractivity contribution in [3.63, 3.8) is 0 Å². The Labute approximate surface area is 495 Å². The highest BCUT2D eigenvalue weighted by molar-refractivity contribution is 7.15. The number of nitrogens with one attached hydrogen (secondary N) is 6. The maximum atomic E-state index is 13.9. The molecule has 5 atom stereocenters. The van der Waals surface area contributed by atoms with E-state index < -0.39 is 70.7 Å². The monoisotopic (exact) mass is 1240 g/mol. The van der Waals surface area contributed by atoms with Gasteiger partial charge >= 0.3 is 5.82 Å². The minimum atomic E-state index is -1.46. The van der Waals surface area contributed by atoms with E-state index in [9.17, 15) is 49.1 Å². The lowest BCUT2D eigenvalue weighted by Gasteiger charge is -2.21.